The van der Waals surface area contributed by atoms with Crippen LogP contribution in [-0.4, -0.2) is 0 Å². The average molecular weight is 995 g/mol. The lowest BCUT2D eigenvalue weighted by Crippen LogP contribution is -2.27. The van der Waals surface area contributed by atoms with Gasteiger partial charge in [0.25, 0.3) is 0 Å². The van der Waals surface area contributed by atoms with Crippen LogP contribution in [0.15, 0.2) is 291 Å². The van der Waals surface area contributed by atoms with Gasteiger partial charge in [0.2, 0.25) is 0 Å². The van der Waals surface area contributed by atoms with Gasteiger partial charge >= 0.3 is 0 Å². The number of fused-ring (bicyclic) bond motifs is 13. The molecule has 0 amide bonds. The Morgan fingerprint density at radius 1 is 0.231 bits per heavy atom. The molecule has 0 fully saturated rings. The first-order valence-corrected chi connectivity index (χ1v) is 27.2. The Hall–Kier alpha value is -9.76. The maximum Gasteiger partial charge on any atom is 0.0727 e. The topological polar surface area (TPSA) is 6.48 Å². The van der Waals surface area contributed by atoms with Crippen LogP contribution in [-0.2, 0) is 10.8 Å². The van der Waals surface area contributed by atoms with E-state index in [1.807, 2.05) is 0 Å². The van der Waals surface area contributed by atoms with E-state index in [4.69, 9.17) is 0 Å². The quantitative estimate of drug-likeness (QED) is 0.142. The zero-order chi connectivity index (χ0) is 52.0. The first-order chi connectivity index (χ1) is 38.5. The van der Waals surface area contributed by atoms with Crippen LogP contribution in [0.3, 0.4) is 0 Å². The van der Waals surface area contributed by atoms with Gasteiger partial charge in [-0.1, -0.05) is 232 Å². The predicted molar refractivity (Wildman–Crippen MR) is 326 cm³/mol. The number of benzene rings is 12. The van der Waals surface area contributed by atoms with E-state index >= 15 is 0 Å². The Morgan fingerprint density at radius 2 is 0.654 bits per heavy atom. The van der Waals surface area contributed by atoms with Gasteiger partial charge < -0.3 is 9.80 Å². The van der Waals surface area contributed by atoms with Crippen molar-refractivity contribution in [2.45, 2.75) is 24.7 Å². The summed E-state index contributed by atoms with van der Waals surface area (Å²) in [5, 5.41) is 0. The molecule has 2 nitrogen and oxygen atoms in total. The number of para-hydroxylation sites is 3. The fourth-order valence-electron chi connectivity index (χ4n) is 13.6. The number of anilines is 6. The highest BCUT2D eigenvalue weighted by Crippen LogP contribution is 2.66. The number of hydrogen-bond acceptors (Lipinski definition) is 2. The molecule has 0 N–H and O–H groups in total. The summed E-state index contributed by atoms with van der Waals surface area (Å²) >= 11 is 0. The third kappa shape index (κ3) is 6.89. The molecule has 0 saturated heterocycles. The highest BCUT2D eigenvalue weighted by Gasteiger charge is 2.53. The first-order valence-electron chi connectivity index (χ1n) is 27.2. The van der Waals surface area contributed by atoms with Crippen molar-refractivity contribution in [2.24, 2.45) is 0 Å². The van der Waals surface area contributed by atoms with E-state index in [9.17, 15) is 0 Å². The molecule has 12 aromatic carbocycles. The van der Waals surface area contributed by atoms with Gasteiger partial charge in [0.15, 0.2) is 0 Å². The normalized spacial score (nSPS) is 14.7. The van der Waals surface area contributed by atoms with Gasteiger partial charge in [-0.2, -0.15) is 0 Å². The van der Waals surface area contributed by atoms with Crippen LogP contribution in [0.1, 0.15) is 47.2 Å². The van der Waals surface area contributed by atoms with Crippen molar-refractivity contribution in [3.8, 4) is 66.8 Å². The fraction of sp³-hybridized carbons (Fsp3) is 0.0526. The second kappa shape index (κ2) is 17.9. The fourth-order valence-corrected chi connectivity index (χ4v) is 13.6. The molecule has 0 aliphatic heterocycles. The van der Waals surface area contributed by atoms with Crippen molar-refractivity contribution >= 4 is 34.1 Å². The summed E-state index contributed by atoms with van der Waals surface area (Å²) in [5.74, 6) is 0. The largest absolute Gasteiger partial charge is 0.310 e. The van der Waals surface area contributed by atoms with Gasteiger partial charge in [-0.25, -0.2) is 0 Å². The molecule has 78 heavy (non-hydrogen) atoms. The summed E-state index contributed by atoms with van der Waals surface area (Å²) < 4.78 is 0. The van der Waals surface area contributed by atoms with E-state index in [2.05, 4.69) is 315 Å². The first kappa shape index (κ1) is 45.6. The molecule has 15 rings (SSSR count). The van der Waals surface area contributed by atoms with Crippen LogP contribution in [0.2, 0.25) is 0 Å². The lowest BCUT2D eigenvalue weighted by atomic mass is 9.70. The third-order valence-corrected chi connectivity index (χ3v) is 17.0. The lowest BCUT2D eigenvalue weighted by molar-refractivity contribution is 0.660. The van der Waals surface area contributed by atoms with E-state index in [0.717, 1.165) is 34.1 Å². The standard InChI is InChI=1S/C76H54N2/c1-75(2)67-37-21-18-34-60(67)65-46-58(44-45-68(65)75)77(55-28-12-5-13-29-55)59-47-64(54-42-40-52(41-43-54)51-24-8-3-9-25-51)74-62-36-20-23-39-70(62)76(72(74)48-59)69-38-22-19-35-61(69)66-49-63(53-26-10-4-11-27-53)73(50-71(66)76)78(56-30-14-6-15-31-56)57-32-16-7-17-33-57/h3-50H,1-2H3. The van der Waals surface area contributed by atoms with Gasteiger partial charge in [0.1, 0.15) is 0 Å². The van der Waals surface area contributed by atoms with Crippen molar-refractivity contribution < 1.29 is 0 Å². The van der Waals surface area contributed by atoms with E-state index in [1.165, 1.54) is 100 Å². The number of nitrogens with zero attached hydrogens (tertiary/aromatic N) is 2. The van der Waals surface area contributed by atoms with Crippen LogP contribution in [0.25, 0.3) is 66.8 Å². The molecule has 2 heteroatoms. The molecule has 1 spiro atoms. The van der Waals surface area contributed by atoms with Crippen LogP contribution >= 0.6 is 0 Å². The molecule has 3 aliphatic carbocycles. The monoisotopic (exact) mass is 994 g/mol. The van der Waals surface area contributed by atoms with E-state index in [0.29, 0.717) is 0 Å². The van der Waals surface area contributed by atoms with E-state index < -0.39 is 5.41 Å². The molecule has 3 aliphatic rings. The van der Waals surface area contributed by atoms with E-state index in [-0.39, 0.29) is 5.41 Å². The van der Waals surface area contributed by atoms with Crippen molar-refractivity contribution in [3.63, 3.8) is 0 Å². The molecule has 12 aromatic rings. The molecule has 0 heterocycles. The smallest absolute Gasteiger partial charge is 0.0727 e. The zero-order valence-electron chi connectivity index (χ0n) is 43.6. The van der Waals surface area contributed by atoms with Crippen molar-refractivity contribution in [1.82, 2.24) is 0 Å². The van der Waals surface area contributed by atoms with Gasteiger partial charge in [-0.15, -0.1) is 0 Å². The highest BCUT2D eigenvalue weighted by atomic mass is 15.1. The molecule has 368 valence electrons. The maximum absolute atomic E-state index is 2.55. The SMILES string of the molecule is CC1(C)c2ccccc2-c2cc(N(c3ccccc3)c3cc(-c4ccc(-c5ccccc5)cc4)c4c(c3)C3(c5ccccc5-c5cc(-c6ccccc6)c(N(c6ccccc6)c6ccccc6)cc53)c3ccccc3-4)ccc21. The number of hydrogen-bond donors (Lipinski definition) is 0. The van der Waals surface area contributed by atoms with Crippen LogP contribution in [0, 0.1) is 0 Å². The molecular weight excluding hydrogens is 941 g/mol. The van der Waals surface area contributed by atoms with Crippen molar-refractivity contribution in [2.75, 3.05) is 9.80 Å². The van der Waals surface area contributed by atoms with Crippen LogP contribution in [0.5, 0.6) is 0 Å². The van der Waals surface area contributed by atoms with Gasteiger partial charge in [0.05, 0.1) is 11.1 Å². The van der Waals surface area contributed by atoms with Gasteiger partial charge in [-0.3, -0.25) is 0 Å². The predicted octanol–water partition coefficient (Wildman–Crippen LogP) is 20.3. The highest BCUT2D eigenvalue weighted by molar-refractivity contribution is 6.04. The van der Waals surface area contributed by atoms with E-state index in [1.54, 1.807) is 0 Å². The summed E-state index contributed by atoms with van der Waals surface area (Å²) in [6.45, 7) is 4.73. The minimum atomic E-state index is -0.709. The van der Waals surface area contributed by atoms with Crippen LogP contribution < -0.4 is 9.80 Å². The average Bonchev–Trinajstić information content (AvgIpc) is 2.91. The molecule has 0 bridgehead atoms. The Morgan fingerprint density at radius 3 is 1.27 bits per heavy atom. The molecule has 1 unspecified atom stereocenters. The molecule has 0 aromatic heterocycles. The lowest BCUT2D eigenvalue weighted by Gasteiger charge is -2.34. The summed E-state index contributed by atoms with van der Waals surface area (Å²) in [4.78, 5) is 4.97. The third-order valence-electron chi connectivity index (χ3n) is 17.0. The Bertz CT molecular complexity index is 4220. The Kier molecular flexibility index (Phi) is 10.5. The minimum Gasteiger partial charge on any atom is -0.310 e. The van der Waals surface area contributed by atoms with Crippen molar-refractivity contribution in [3.05, 3.63) is 325 Å². The summed E-state index contributed by atoms with van der Waals surface area (Å²) in [6.07, 6.45) is 0. The molecule has 1 atom stereocenters. The van der Waals surface area contributed by atoms with Gasteiger partial charge in [0, 0.05) is 39.4 Å². The molecule has 0 saturated carbocycles. The zero-order valence-corrected chi connectivity index (χ0v) is 43.6. The summed E-state index contributed by atoms with van der Waals surface area (Å²) in [6, 6.07) is 108. The molecular formula is C76H54N2. The summed E-state index contributed by atoms with van der Waals surface area (Å²) in [7, 11) is 0. The Labute approximate surface area is 457 Å². The van der Waals surface area contributed by atoms with Crippen molar-refractivity contribution in [1.29, 1.82) is 0 Å². The second-order valence-corrected chi connectivity index (χ2v) is 21.6. The molecule has 0 radical (unpaired) electrons. The minimum absolute atomic E-state index is 0.119. The van der Waals surface area contributed by atoms with Gasteiger partial charge in [-0.05, 0) is 167 Å². The Balaban J connectivity index is 1.06. The summed E-state index contributed by atoms with van der Waals surface area (Å²) in [5.41, 5.74) is 28.4. The number of rotatable bonds is 9. The maximum atomic E-state index is 2.55. The van der Waals surface area contributed by atoms with Crippen LogP contribution in [0.4, 0.5) is 34.1 Å². The second-order valence-electron chi connectivity index (χ2n) is 21.6.